The van der Waals surface area contributed by atoms with Crippen molar-refractivity contribution in [3.8, 4) is 5.82 Å². The minimum Gasteiger partial charge on any atom is -0.379 e. The maximum Gasteiger partial charge on any atom is 0.161 e. The van der Waals surface area contributed by atoms with E-state index in [1.54, 1.807) is 6.20 Å². The molecule has 100 valence electrons. The van der Waals surface area contributed by atoms with Crippen LogP contribution >= 0.6 is 0 Å². The Morgan fingerprint density at radius 1 is 1.26 bits per heavy atom. The van der Waals surface area contributed by atoms with Crippen molar-refractivity contribution in [2.24, 2.45) is 0 Å². The molecule has 0 radical (unpaired) electrons. The lowest BCUT2D eigenvalue weighted by atomic mass is 10.1. The number of imidazole rings is 1. The number of hydrogen-bond acceptors (Lipinski definition) is 4. The van der Waals surface area contributed by atoms with E-state index in [0.717, 1.165) is 43.3 Å². The molecule has 3 rings (SSSR count). The van der Waals surface area contributed by atoms with Crippen molar-refractivity contribution < 1.29 is 0 Å². The number of nitrogens with zero attached hydrogens (tertiary/aromatic N) is 3. The van der Waals surface area contributed by atoms with Gasteiger partial charge in [0.2, 0.25) is 0 Å². The zero-order chi connectivity index (χ0) is 13.1. The Balaban J connectivity index is 1.87. The normalized spacial score (nSPS) is 16.5. The van der Waals surface area contributed by atoms with Crippen LogP contribution in [0.5, 0.6) is 0 Å². The monoisotopic (exact) mass is 257 g/mol. The van der Waals surface area contributed by atoms with Crippen molar-refractivity contribution in [1.82, 2.24) is 19.9 Å². The first-order chi connectivity index (χ1) is 9.34. The van der Waals surface area contributed by atoms with Gasteiger partial charge in [-0.25, -0.2) is 9.97 Å². The molecule has 2 aromatic heterocycles. The van der Waals surface area contributed by atoms with Gasteiger partial charge in [-0.15, -0.1) is 0 Å². The van der Waals surface area contributed by atoms with Crippen molar-refractivity contribution in [3.63, 3.8) is 0 Å². The zero-order valence-corrected chi connectivity index (χ0v) is 11.1. The highest BCUT2D eigenvalue weighted by molar-refractivity contribution is 5.57. The number of hydrogen-bond donors (Lipinski definition) is 2. The molecule has 0 aliphatic carbocycles. The zero-order valence-electron chi connectivity index (χ0n) is 11.1. The van der Waals surface area contributed by atoms with E-state index in [9.17, 15) is 0 Å². The minimum atomic E-state index is 0.521. The molecule has 3 heterocycles. The SMILES string of the molecule is Cc1nccn1-c1ncccc1NC1CCNCC1. The van der Waals surface area contributed by atoms with E-state index in [4.69, 9.17) is 0 Å². The van der Waals surface area contributed by atoms with E-state index in [1.807, 2.05) is 30.0 Å². The van der Waals surface area contributed by atoms with Gasteiger partial charge in [0.15, 0.2) is 5.82 Å². The smallest absolute Gasteiger partial charge is 0.161 e. The number of pyridine rings is 1. The Morgan fingerprint density at radius 2 is 2.11 bits per heavy atom. The summed E-state index contributed by atoms with van der Waals surface area (Å²) in [4.78, 5) is 8.76. The van der Waals surface area contributed by atoms with Crippen LogP contribution in [0.25, 0.3) is 5.82 Å². The van der Waals surface area contributed by atoms with Gasteiger partial charge in [0.05, 0.1) is 5.69 Å². The molecule has 2 N–H and O–H groups in total. The van der Waals surface area contributed by atoms with Crippen LogP contribution in [0, 0.1) is 6.92 Å². The molecular formula is C14H19N5. The number of rotatable bonds is 3. The number of piperidine rings is 1. The number of anilines is 1. The first-order valence-corrected chi connectivity index (χ1v) is 6.77. The van der Waals surface area contributed by atoms with Gasteiger partial charge < -0.3 is 10.6 Å². The molecule has 0 saturated carbocycles. The van der Waals surface area contributed by atoms with E-state index < -0.39 is 0 Å². The molecule has 2 aromatic rings. The van der Waals surface area contributed by atoms with Gasteiger partial charge in [-0.1, -0.05) is 0 Å². The maximum absolute atomic E-state index is 4.49. The molecule has 1 aliphatic rings. The topological polar surface area (TPSA) is 54.8 Å². The van der Waals surface area contributed by atoms with E-state index in [1.165, 1.54) is 0 Å². The van der Waals surface area contributed by atoms with Gasteiger partial charge in [-0.05, 0) is 45.0 Å². The molecule has 0 unspecified atom stereocenters. The Morgan fingerprint density at radius 3 is 2.84 bits per heavy atom. The number of aromatic nitrogens is 3. The summed E-state index contributed by atoms with van der Waals surface area (Å²) < 4.78 is 2.02. The van der Waals surface area contributed by atoms with Crippen LogP contribution in [0.2, 0.25) is 0 Å². The Hall–Kier alpha value is -1.88. The Kier molecular flexibility index (Phi) is 3.46. The minimum absolute atomic E-state index is 0.521. The van der Waals surface area contributed by atoms with Crippen molar-refractivity contribution in [3.05, 3.63) is 36.5 Å². The average Bonchev–Trinajstić information content (AvgIpc) is 2.87. The molecule has 0 atom stereocenters. The highest BCUT2D eigenvalue weighted by atomic mass is 15.1. The lowest BCUT2D eigenvalue weighted by Crippen LogP contribution is -2.35. The van der Waals surface area contributed by atoms with Crippen LogP contribution < -0.4 is 10.6 Å². The van der Waals surface area contributed by atoms with Crippen LogP contribution in [-0.2, 0) is 0 Å². The fraction of sp³-hybridized carbons (Fsp3) is 0.429. The third kappa shape index (κ3) is 2.61. The van der Waals surface area contributed by atoms with Crippen LogP contribution in [0.1, 0.15) is 18.7 Å². The Bertz CT molecular complexity index is 542. The van der Waals surface area contributed by atoms with Crippen LogP contribution in [0.3, 0.4) is 0 Å². The summed E-state index contributed by atoms with van der Waals surface area (Å²) in [6, 6.07) is 4.58. The van der Waals surface area contributed by atoms with Gasteiger partial charge in [-0.3, -0.25) is 4.57 Å². The van der Waals surface area contributed by atoms with E-state index in [2.05, 4.69) is 26.7 Å². The molecule has 5 heteroatoms. The number of aryl methyl sites for hydroxylation is 1. The lowest BCUT2D eigenvalue weighted by Gasteiger charge is -2.25. The van der Waals surface area contributed by atoms with Crippen molar-refractivity contribution in [2.75, 3.05) is 18.4 Å². The summed E-state index contributed by atoms with van der Waals surface area (Å²) in [6.07, 6.45) is 7.88. The lowest BCUT2D eigenvalue weighted by molar-refractivity contribution is 0.479. The second-order valence-corrected chi connectivity index (χ2v) is 4.89. The third-order valence-electron chi connectivity index (χ3n) is 3.54. The largest absolute Gasteiger partial charge is 0.379 e. The average molecular weight is 257 g/mol. The van der Waals surface area contributed by atoms with Crippen molar-refractivity contribution >= 4 is 5.69 Å². The second-order valence-electron chi connectivity index (χ2n) is 4.89. The molecule has 1 aliphatic heterocycles. The molecule has 0 aromatic carbocycles. The van der Waals surface area contributed by atoms with Crippen molar-refractivity contribution in [2.45, 2.75) is 25.8 Å². The van der Waals surface area contributed by atoms with Crippen LogP contribution in [-0.4, -0.2) is 33.7 Å². The van der Waals surface area contributed by atoms with Gasteiger partial charge in [0.25, 0.3) is 0 Å². The van der Waals surface area contributed by atoms with Gasteiger partial charge in [-0.2, -0.15) is 0 Å². The second kappa shape index (κ2) is 5.40. The van der Waals surface area contributed by atoms with Gasteiger partial charge in [0.1, 0.15) is 5.82 Å². The molecule has 5 nitrogen and oxygen atoms in total. The summed E-state index contributed by atoms with van der Waals surface area (Å²) in [5.74, 6) is 1.88. The first kappa shape index (κ1) is 12.2. The molecular weight excluding hydrogens is 238 g/mol. The first-order valence-electron chi connectivity index (χ1n) is 6.77. The Labute approximate surface area is 113 Å². The number of nitrogens with one attached hydrogen (secondary N) is 2. The summed E-state index contributed by atoms with van der Waals surface area (Å²) in [5, 5.41) is 6.99. The van der Waals surface area contributed by atoms with E-state index >= 15 is 0 Å². The fourth-order valence-corrected chi connectivity index (χ4v) is 2.49. The van der Waals surface area contributed by atoms with Crippen LogP contribution in [0.15, 0.2) is 30.7 Å². The maximum atomic E-state index is 4.49. The summed E-state index contributed by atoms with van der Waals surface area (Å²) in [6.45, 7) is 4.15. The molecule has 19 heavy (non-hydrogen) atoms. The predicted molar refractivity (Wildman–Crippen MR) is 75.6 cm³/mol. The van der Waals surface area contributed by atoms with Gasteiger partial charge >= 0.3 is 0 Å². The molecule has 0 amide bonds. The molecule has 0 spiro atoms. The highest BCUT2D eigenvalue weighted by Gasteiger charge is 2.15. The molecule has 0 bridgehead atoms. The quantitative estimate of drug-likeness (QED) is 0.879. The summed E-state index contributed by atoms with van der Waals surface area (Å²) >= 11 is 0. The van der Waals surface area contributed by atoms with Crippen LogP contribution in [0.4, 0.5) is 5.69 Å². The summed E-state index contributed by atoms with van der Waals surface area (Å²) in [7, 11) is 0. The predicted octanol–water partition coefficient (Wildman–Crippen LogP) is 1.74. The standard InChI is InChI=1S/C14H19N5/c1-11-16-9-10-19(11)14-13(3-2-6-17-14)18-12-4-7-15-8-5-12/h2-3,6,9-10,12,15,18H,4-5,7-8H2,1H3. The molecule has 1 saturated heterocycles. The van der Waals surface area contributed by atoms with E-state index in [0.29, 0.717) is 6.04 Å². The molecule has 1 fully saturated rings. The summed E-state index contributed by atoms with van der Waals surface area (Å²) in [5.41, 5.74) is 1.08. The third-order valence-corrected chi connectivity index (χ3v) is 3.54. The van der Waals surface area contributed by atoms with E-state index in [-0.39, 0.29) is 0 Å². The van der Waals surface area contributed by atoms with Crippen molar-refractivity contribution in [1.29, 1.82) is 0 Å². The van der Waals surface area contributed by atoms with Gasteiger partial charge in [0, 0.05) is 24.6 Å². The fourth-order valence-electron chi connectivity index (χ4n) is 2.49. The highest BCUT2D eigenvalue weighted by Crippen LogP contribution is 2.21.